The van der Waals surface area contributed by atoms with Crippen LogP contribution in [0.4, 0.5) is 5.69 Å². The highest BCUT2D eigenvalue weighted by Gasteiger charge is 2.49. The number of carbonyl (C=O) groups is 2. The van der Waals surface area contributed by atoms with E-state index >= 15 is 0 Å². The molecule has 2 amide bonds. The number of piperazine rings is 1. The first-order valence-corrected chi connectivity index (χ1v) is 21.0. The highest BCUT2D eigenvalue weighted by molar-refractivity contribution is 7.90. The molecule has 1 spiro atoms. The number of hydrogen-bond acceptors (Lipinski definition) is 8. The molecule has 2 aliphatic carbocycles. The normalized spacial score (nSPS) is 32.3. The summed E-state index contributed by atoms with van der Waals surface area (Å²) in [5.41, 5.74) is 2.22. The zero-order chi connectivity index (χ0) is 36.8. The van der Waals surface area contributed by atoms with Gasteiger partial charge in [0.2, 0.25) is 15.9 Å². The van der Waals surface area contributed by atoms with E-state index < -0.39 is 26.8 Å². The molecule has 52 heavy (non-hydrogen) atoms. The van der Waals surface area contributed by atoms with Gasteiger partial charge in [-0.1, -0.05) is 37.6 Å². The van der Waals surface area contributed by atoms with Gasteiger partial charge in [-0.3, -0.25) is 14.5 Å². The van der Waals surface area contributed by atoms with Gasteiger partial charge >= 0.3 is 0 Å². The van der Waals surface area contributed by atoms with Crippen LogP contribution in [0.25, 0.3) is 0 Å². The summed E-state index contributed by atoms with van der Waals surface area (Å²) in [6, 6.07) is 11.4. The monoisotopic (exact) mass is 752 g/mol. The van der Waals surface area contributed by atoms with Crippen molar-refractivity contribution in [3.05, 3.63) is 70.8 Å². The molecular formula is C40H53ClN4O6S. The summed E-state index contributed by atoms with van der Waals surface area (Å²) in [5.74, 6) is -0.0322. The predicted molar refractivity (Wildman–Crippen MR) is 203 cm³/mol. The fourth-order valence-corrected chi connectivity index (χ4v) is 11.1. The Morgan fingerprint density at radius 3 is 2.60 bits per heavy atom. The van der Waals surface area contributed by atoms with E-state index in [-0.39, 0.29) is 34.6 Å². The number of hydrogen-bond donors (Lipinski definition) is 2. The maximum absolute atomic E-state index is 13.6. The number of aryl methyl sites for hydroxylation is 1. The van der Waals surface area contributed by atoms with E-state index in [1.807, 2.05) is 13.0 Å². The highest BCUT2D eigenvalue weighted by atomic mass is 35.5. The zero-order valence-electron chi connectivity index (χ0n) is 30.5. The van der Waals surface area contributed by atoms with Gasteiger partial charge in [0, 0.05) is 61.8 Å². The van der Waals surface area contributed by atoms with Crippen molar-refractivity contribution >= 4 is 39.1 Å². The third-order valence-electron chi connectivity index (χ3n) is 13.0. The van der Waals surface area contributed by atoms with Gasteiger partial charge in [0.05, 0.1) is 23.1 Å². The van der Waals surface area contributed by atoms with Gasteiger partial charge in [-0.2, -0.15) is 0 Å². The maximum Gasteiger partial charge on any atom is 0.264 e. The van der Waals surface area contributed by atoms with Crippen LogP contribution in [0.1, 0.15) is 80.3 Å². The Morgan fingerprint density at radius 1 is 1.08 bits per heavy atom. The van der Waals surface area contributed by atoms with Gasteiger partial charge in [-0.25, -0.2) is 13.1 Å². The van der Waals surface area contributed by atoms with E-state index in [4.69, 9.17) is 16.3 Å². The number of sulfonamides is 1. The van der Waals surface area contributed by atoms with Crippen molar-refractivity contribution in [1.82, 2.24) is 14.5 Å². The molecule has 2 fully saturated rings. The molecule has 2 bridgehead atoms. The van der Waals surface area contributed by atoms with Crippen LogP contribution in [-0.4, -0.2) is 98.4 Å². The van der Waals surface area contributed by atoms with Crippen molar-refractivity contribution in [2.75, 3.05) is 57.3 Å². The Morgan fingerprint density at radius 2 is 1.87 bits per heavy atom. The van der Waals surface area contributed by atoms with E-state index in [0.29, 0.717) is 77.4 Å². The standard InChI is InChI=1S/C40H53ClN4O6S/c1-4-37(46)44-19-17-43(18-20-44)25-40(48)16-5-7-27(2)28(3)52(49,50)42-38(47)30-10-14-36-35(22-30)45(23-31-9-12-34(31)40)24-39(26-51-36)15-6-8-29-21-32(41)11-13-33(29)39/h4,10-11,13-14,21-22,27-28,31,34,48H,1,5-9,12,15-20,23-26H2,2-3H3,(H,42,47)/t27-,28+,31-,34+,39-,40+/m0/s1. The fourth-order valence-electron chi connectivity index (χ4n) is 9.61. The summed E-state index contributed by atoms with van der Waals surface area (Å²) < 4.78 is 36.1. The third-order valence-corrected chi connectivity index (χ3v) is 15.2. The Labute approximate surface area is 313 Å². The average molecular weight is 753 g/mol. The molecule has 1 saturated heterocycles. The van der Waals surface area contributed by atoms with Crippen molar-refractivity contribution in [1.29, 1.82) is 0 Å². The smallest absolute Gasteiger partial charge is 0.264 e. The predicted octanol–water partition coefficient (Wildman–Crippen LogP) is 5.17. The third kappa shape index (κ3) is 7.22. The Kier molecular flexibility index (Phi) is 10.5. The molecule has 3 heterocycles. The van der Waals surface area contributed by atoms with Gasteiger partial charge < -0.3 is 19.6 Å². The van der Waals surface area contributed by atoms with Crippen LogP contribution >= 0.6 is 11.6 Å². The van der Waals surface area contributed by atoms with E-state index in [1.165, 1.54) is 17.2 Å². The molecule has 12 heteroatoms. The van der Waals surface area contributed by atoms with Crippen LogP contribution in [-0.2, 0) is 26.7 Å². The van der Waals surface area contributed by atoms with Gasteiger partial charge in [0.15, 0.2) is 0 Å². The number of aliphatic hydroxyl groups is 1. The number of halogens is 1. The van der Waals surface area contributed by atoms with Crippen molar-refractivity contribution in [2.24, 2.45) is 17.8 Å². The van der Waals surface area contributed by atoms with Gasteiger partial charge in [0.1, 0.15) is 5.75 Å². The molecule has 1 saturated carbocycles. The molecular weight excluding hydrogens is 700 g/mol. The van der Waals surface area contributed by atoms with Crippen molar-refractivity contribution in [2.45, 2.75) is 81.5 Å². The van der Waals surface area contributed by atoms with Crippen LogP contribution in [0.5, 0.6) is 5.75 Å². The number of benzene rings is 2. The lowest BCUT2D eigenvalue weighted by Crippen LogP contribution is -2.59. The Balaban J connectivity index is 1.25. The number of amides is 2. The molecule has 2 N–H and O–H groups in total. The molecule has 10 nitrogen and oxygen atoms in total. The zero-order valence-corrected chi connectivity index (χ0v) is 32.1. The number of nitrogens with zero attached hydrogens (tertiary/aromatic N) is 3. The molecule has 0 aromatic heterocycles. The first kappa shape index (κ1) is 37.2. The summed E-state index contributed by atoms with van der Waals surface area (Å²) in [6.07, 6.45) is 7.94. The quantitative estimate of drug-likeness (QED) is 0.413. The summed E-state index contributed by atoms with van der Waals surface area (Å²) in [5, 5.41) is 12.7. The van der Waals surface area contributed by atoms with Crippen molar-refractivity contribution < 1.29 is 27.9 Å². The molecule has 3 aliphatic heterocycles. The van der Waals surface area contributed by atoms with Crippen LogP contribution in [0.3, 0.4) is 0 Å². The van der Waals surface area contributed by atoms with Gasteiger partial charge in [-0.05, 0) is 117 Å². The summed E-state index contributed by atoms with van der Waals surface area (Å²) in [6.45, 7) is 12.1. The van der Waals surface area contributed by atoms with Crippen LogP contribution in [0.15, 0.2) is 49.1 Å². The second kappa shape index (κ2) is 14.6. The number of ether oxygens (including phenoxy) is 1. The maximum atomic E-state index is 13.6. The Hall–Kier alpha value is -3.12. The molecule has 0 radical (unpaired) electrons. The SMILES string of the molecule is C=CC(=O)N1CCN(C[C@]2(O)CCC[C@H](C)[C@@H](C)S(=O)(=O)NC(=O)c3ccc4c(c3)N(C[C@@H]3CC[C@H]32)C[C@@]2(CCCc3cc(Cl)ccc32)CO4)CC1. The van der Waals surface area contributed by atoms with Crippen molar-refractivity contribution in [3.8, 4) is 5.75 Å². The molecule has 7 rings (SSSR count). The van der Waals surface area contributed by atoms with Crippen LogP contribution < -0.4 is 14.4 Å². The number of fused-ring (bicyclic) bond motifs is 4. The van der Waals surface area contributed by atoms with E-state index in [0.717, 1.165) is 42.8 Å². The lowest BCUT2D eigenvalue weighted by atomic mass is 9.62. The number of anilines is 1. The number of rotatable bonds is 3. The molecule has 6 atom stereocenters. The number of carbonyl (C=O) groups excluding carboxylic acids is 2. The minimum Gasteiger partial charge on any atom is -0.490 e. The minimum atomic E-state index is -3.98. The number of nitrogens with one attached hydrogen (secondary N) is 1. The molecule has 282 valence electrons. The molecule has 2 aromatic rings. The Bertz CT molecular complexity index is 1810. The minimum absolute atomic E-state index is 0.0391. The van der Waals surface area contributed by atoms with Crippen LogP contribution in [0.2, 0.25) is 5.02 Å². The second-order valence-electron chi connectivity index (χ2n) is 16.2. The summed E-state index contributed by atoms with van der Waals surface area (Å²) >= 11 is 6.47. The molecule has 2 aromatic carbocycles. The van der Waals surface area contributed by atoms with E-state index in [1.54, 1.807) is 30.0 Å². The number of β-amino-alcohol motifs (C(OH)–C–C–N with tert-alkyl or cyclic N) is 1. The average Bonchev–Trinajstić information content (AvgIpc) is 3.25. The lowest BCUT2D eigenvalue weighted by Gasteiger charge is -2.52. The van der Waals surface area contributed by atoms with E-state index in [2.05, 4.69) is 33.2 Å². The van der Waals surface area contributed by atoms with Gasteiger partial charge in [0.25, 0.3) is 5.91 Å². The highest BCUT2D eigenvalue weighted by Crippen LogP contribution is 2.49. The molecule has 0 unspecified atom stereocenters. The first-order chi connectivity index (χ1) is 24.8. The fraction of sp³-hybridized carbons (Fsp3) is 0.600. The lowest BCUT2D eigenvalue weighted by molar-refractivity contribution is -0.130. The topological polar surface area (TPSA) is 119 Å². The van der Waals surface area contributed by atoms with Crippen molar-refractivity contribution in [3.63, 3.8) is 0 Å². The molecule has 5 aliphatic rings. The van der Waals surface area contributed by atoms with Gasteiger partial charge in [-0.15, -0.1) is 0 Å². The first-order valence-electron chi connectivity index (χ1n) is 19.0. The van der Waals surface area contributed by atoms with Crippen LogP contribution in [0, 0.1) is 17.8 Å². The summed E-state index contributed by atoms with van der Waals surface area (Å²) in [7, 11) is -3.98. The second-order valence-corrected chi connectivity index (χ2v) is 18.7. The van der Waals surface area contributed by atoms with E-state index in [9.17, 15) is 23.1 Å². The largest absolute Gasteiger partial charge is 0.490 e. The summed E-state index contributed by atoms with van der Waals surface area (Å²) in [4.78, 5) is 32.3.